The smallest absolute Gasteiger partial charge is 0.188 e. The highest BCUT2D eigenvalue weighted by Crippen LogP contribution is 2.38. The van der Waals surface area contributed by atoms with E-state index in [1.165, 1.54) is 18.6 Å². The summed E-state index contributed by atoms with van der Waals surface area (Å²) in [6, 6.07) is 22.9. The third-order valence-electron chi connectivity index (χ3n) is 7.39. The summed E-state index contributed by atoms with van der Waals surface area (Å²) in [4.78, 5) is 4.62. The van der Waals surface area contributed by atoms with Gasteiger partial charge in [-0.2, -0.15) is 4.73 Å². The molecule has 0 aliphatic rings. The van der Waals surface area contributed by atoms with Crippen molar-refractivity contribution < 1.29 is 22.6 Å². The van der Waals surface area contributed by atoms with Gasteiger partial charge in [0.05, 0.1) is 24.5 Å². The third kappa shape index (κ3) is 4.98. The van der Waals surface area contributed by atoms with Gasteiger partial charge >= 0.3 is 0 Å². The van der Waals surface area contributed by atoms with Crippen molar-refractivity contribution in [3.63, 3.8) is 0 Å². The standard InChI is InChI=1S/C32H30N2O5S/c1-32(2,40(5,36)37)27-16-24-10-7-13-33-31(24)28(18-27)23-9-6-8-21(14-23)25-15-26(20-34(35)19-25)22-11-12-29(38-3)30(17-22)39-4/h6-20H,1-5H3. The lowest BCUT2D eigenvalue weighted by atomic mass is 9.92. The molecule has 204 valence electrons. The first-order valence-electron chi connectivity index (χ1n) is 12.7. The molecule has 0 unspecified atom stereocenters. The second-order valence-electron chi connectivity index (χ2n) is 10.2. The molecule has 8 heteroatoms. The van der Waals surface area contributed by atoms with Crippen molar-refractivity contribution in [3.8, 4) is 44.9 Å². The molecule has 0 amide bonds. The Morgan fingerprint density at radius 1 is 0.775 bits per heavy atom. The van der Waals surface area contributed by atoms with Crippen molar-refractivity contribution in [1.29, 1.82) is 0 Å². The van der Waals surface area contributed by atoms with Crippen LogP contribution in [0.2, 0.25) is 0 Å². The summed E-state index contributed by atoms with van der Waals surface area (Å²) < 4.78 is 35.8. The molecule has 5 aromatic rings. The molecule has 0 atom stereocenters. The topological polar surface area (TPSA) is 92.4 Å². The highest BCUT2D eigenvalue weighted by molar-refractivity contribution is 7.91. The number of pyridine rings is 2. The van der Waals surface area contributed by atoms with Crippen LogP contribution in [-0.4, -0.2) is 33.9 Å². The molecular weight excluding hydrogens is 524 g/mol. The van der Waals surface area contributed by atoms with Crippen LogP contribution in [0.4, 0.5) is 0 Å². The number of hydrogen-bond acceptors (Lipinski definition) is 6. The lowest BCUT2D eigenvalue weighted by Gasteiger charge is -2.24. The molecule has 0 saturated carbocycles. The molecule has 0 spiro atoms. The molecule has 0 radical (unpaired) electrons. The van der Waals surface area contributed by atoms with E-state index < -0.39 is 14.6 Å². The molecular formula is C32H30N2O5S. The van der Waals surface area contributed by atoms with Gasteiger partial charge in [-0.25, -0.2) is 8.42 Å². The van der Waals surface area contributed by atoms with Crippen LogP contribution < -0.4 is 14.2 Å². The molecule has 0 fully saturated rings. The number of sulfone groups is 1. The largest absolute Gasteiger partial charge is 0.619 e. The number of methoxy groups -OCH3 is 2. The predicted octanol–water partition coefficient (Wildman–Crippen LogP) is 6.17. The monoisotopic (exact) mass is 554 g/mol. The zero-order valence-electron chi connectivity index (χ0n) is 23.0. The number of aromatic nitrogens is 2. The molecule has 2 heterocycles. The number of fused-ring (bicyclic) bond motifs is 1. The van der Waals surface area contributed by atoms with Crippen LogP contribution in [-0.2, 0) is 14.6 Å². The first-order chi connectivity index (χ1) is 19.0. The van der Waals surface area contributed by atoms with Crippen LogP contribution in [0.25, 0.3) is 44.3 Å². The van der Waals surface area contributed by atoms with E-state index in [4.69, 9.17) is 9.47 Å². The predicted molar refractivity (Wildman–Crippen MR) is 158 cm³/mol. The fourth-order valence-electron chi connectivity index (χ4n) is 4.73. The molecule has 40 heavy (non-hydrogen) atoms. The summed E-state index contributed by atoms with van der Waals surface area (Å²) in [5, 5.41) is 13.6. The van der Waals surface area contributed by atoms with Gasteiger partial charge in [-0.15, -0.1) is 0 Å². The summed E-state index contributed by atoms with van der Waals surface area (Å²) >= 11 is 0. The Bertz CT molecular complexity index is 1850. The van der Waals surface area contributed by atoms with Crippen molar-refractivity contribution in [2.75, 3.05) is 20.5 Å². The van der Waals surface area contributed by atoms with Crippen molar-refractivity contribution in [1.82, 2.24) is 4.98 Å². The van der Waals surface area contributed by atoms with Gasteiger partial charge in [-0.3, -0.25) is 4.98 Å². The maximum atomic E-state index is 12.7. The van der Waals surface area contributed by atoms with Gasteiger partial charge in [0.1, 0.15) is 0 Å². The summed E-state index contributed by atoms with van der Waals surface area (Å²) in [6.45, 7) is 3.43. The molecule has 7 nitrogen and oxygen atoms in total. The first kappa shape index (κ1) is 27.1. The number of nitrogens with zero attached hydrogens (tertiary/aromatic N) is 2. The van der Waals surface area contributed by atoms with Crippen LogP contribution >= 0.6 is 0 Å². The molecule has 0 bridgehead atoms. The van der Waals surface area contributed by atoms with Gasteiger partial charge in [-0.1, -0.05) is 30.3 Å². The Balaban J connectivity index is 1.65. The number of benzene rings is 3. The van der Waals surface area contributed by atoms with Crippen LogP contribution in [0.5, 0.6) is 11.5 Å². The van der Waals surface area contributed by atoms with Crippen molar-refractivity contribution in [2.24, 2.45) is 0 Å². The molecule has 5 rings (SSSR count). The van der Waals surface area contributed by atoms with Crippen LogP contribution in [0.3, 0.4) is 0 Å². The van der Waals surface area contributed by atoms with E-state index in [2.05, 4.69) is 4.98 Å². The highest BCUT2D eigenvalue weighted by atomic mass is 32.2. The Morgan fingerprint density at radius 2 is 1.43 bits per heavy atom. The molecule has 3 aromatic carbocycles. The minimum atomic E-state index is -3.39. The third-order valence-corrected chi connectivity index (χ3v) is 9.48. The van der Waals surface area contributed by atoms with Crippen LogP contribution in [0.1, 0.15) is 19.4 Å². The van der Waals surface area contributed by atoms with E-state index >= 15 is 0 Å². The molecule has 0 aliphatic carbocycles. The lowest BCUT2D eigenvalue weighted by molar-refractivity contribution is -0.604. The Morgan fingerprint density at radius 3 is 2.10 bits per heavy atom. The minimum absolute atomic E-state index is 0.570. The summed E-state index contributed by atoms with van der Waals surface area (Å²) in [7, 11) is -0.246. The average molecular weight is 555 g/mol. The number of ether oxygens (including phenoxy) is 2. The van der Waals surface area contributed by atoms with Gasteiger partial charge in [0.25, 0.3) is 0 Å². The number of rotatable bonds is 7. The van der Waals surface area contributed by atoms with Crippen LogP contribution in [0, 0.1) is 5.21 Å². The molecule has 2 aromatic heterocycles. The van der Waals surface area contributed by atoms with E-state index in [9.17, 15) is 13.6 Å². The van der Waals surface area contributed by atoms with E-state index in [0.717, 1.165) is 49.0 Å². The van der Waals surface area contributed by atoms with Gasteiger partial charge in [0, 0.05) is 34.5 Å². The Kier molecular flexibility index (Phi) is 6.98. The molecule has 0 aliphatic heterocycles. The molecule has 0 saturated heterocycles. The summed E-state index contributed by atoms with van der Waals surface area (Å²) in [5.74, 6) is 1.17. The van der Waals surface area contributed by atoms with E-state index in [1.54, 1.807) is 40.3 Å². The van der Waals surface area contributed by atoms with Crippen molar-refractivity contribution in [3.05, 3.63) is 102 Å². The maximum absolute atomic E-state index is 12.7. The minimum Gasteiger partial charge on any atom is -0.619 e. The van der Waals surface area contributed by atoms with Gasteiger partial charge < -0.3 is 14.7 Å². The van der Waals surface area contributed by atoms with Gasteiger partial charge in [0.15, 0.2) is 33.7 Å². The lowest BCUT2D eigenvalue weighted by Crippen LogP contribution is -2.28. The zero-order valence-corrected chi connectivity index (χ0v) is 23.8. The highest BCUT2D eigenvalue weighted by Gasteiger charge is 2.33. The average Bonchev–Trinajstić information content (AvgIpc) is 2.95. The Labute approximate surface area is 234 Å². The van der Waals surface area contributed by atoms with E-state index in [1.807, 2.05) is 66.7 Å². The Hall–Kier alpha value is -4.43. The first-order valence-corrected chi connectivity index (χ1v) is 14.6. The quantitative estimate of drug-likeness (QED) is 0.177. The number of hydrogen-bond donors (Lipinski definition) is 0. The van der Waals surface area contributed by atoms with E-state index in [0.29, 0.717) is 17.1 Å². The second-order valence-corrected chi connectivity index (χ2v) is 12.8. The SMILES string of the molecule is COc1ccc(-c2cc(-c3cccc(-c4cc(C(C)(C)S(C)(=O)=O)cc5cccnc45)c3)c[n+]([O-])c2)cc1OC. The van der Waals surface area contributed by atoms with Crippen molar-refractivity contribution in [2.45, 2.75) is 18.6 Å². The summed E-state index contributed by atoms with van der Waals surface area (Å²) in [5.41, 5.74) is 6.23. The second kappa shape index (κ2) is 10.3. The summed E-state index contributed by atoms with van der Waals surface area (Å²) in [6.07, 6.45) is 6.03. The molecule has 0 N–H and O–H groups in total. The fourth-order valence-corrected chi connectivity index (χ4v) is 5.27. The zero-order chi connectivity index (χ0) is 28.7. The van der Waals surface area contributed by atoms with Crippen molar-refractivity contribution >= 4 is 20.7 Å². The van der Waals surface area contributed by atoms with E-state index in [-0.39, 0.29) is 0 Å². The maximum Gasteiger partial charge on any atom is 0.188 e. The van der Waals surface area contributed by atoms with Gasteiger partial charge in [-0.05, 0) is 78.6 Å². The van der Waals surface area contributed by atoms with Gasteiger partial charge in [0.2, 0.25) is 0 Å². The van der Waals surface area contributed by atoms with Crippen LogP contribution in [0.15, 0.2) is 91.4 Å². The fraction of sp³-hybridized carbons (Fsp3) is 0.188. The normalized spacial score (nSPS) is 11.9.